The summed E-state index contributed by atoms with van der Waals surface area (Å²) in [6, 6.07) is 5.22. The van der Waals surface area contributed by atoms with Crippen LogP contribution in [-0.4, -0.2) is 85.4 Å². The zero-order valence-electron chi connectivity index (χ0n) is 18.4. The van der Waals surface area contributed by atoms with E-state index in [4.69, 9.17) is 4.74 Å². The van der Waals surface area contributed by atoms with Crippen LogP contribution in [-0.2, 0) is 29.1 Å². The second-order valence-electron chi connectivity index (χ2n) is 7.56. The number of hydrogen-bond donors (Lipinski definition) is 0. The third-order valence-corrected chi connectivity index (χ3v) is 8.36. The van der Waals surface area contributed by atoms with Gasteiger partial charge in [0.2, 0.25) is 21.8 Å². The van der Waals surface area contributed by atoms with Crippen LogP contribution >= 0.6 is 11.8 Å². The van der Waals surface area contributed by atoms with Gasteiger partial charge in [-0.15, -0.1) is 0 Å². The van der Waals surface area contributed by atoms with Gasteiger partial charge >= 0.3 is 5.97 Å². The predicted molar refractivity (Wildman–Crippen MR) is 120 cm³/mol. The molecule has 0 saturated carbocycles. The minimum absolute atomic E-state index is 0.153. The molecule has 2 amide bonds. The van der Waals surface area contributed by atoms with Crippen molar-refractivity contribution in [1.29, 1.82) is 0 Å². The average Bonchev–Trinajstić information content (AvgIpc) is 3.07. The van der Waals surface area contributed by atoms with Crippen molar-refractivity contribution < 1.29 is 27.5 Å². The van der Waals surface area contributed by atoms with Crippen LogP contribution in [0.1, 0.15) is 18.1 Å². The van der Waals surface area contributed by atoms with Crippen LogP contribution in [0.2, 0.25) is 0 Å². The van der Waals surface area contributed by atoms with Crippen molar-refractivity contribution in [2.45, 2.75) is 25.7 Å². The number of ether oxygens (including phenoxy) is 1. The van der Waals surface area contributed by atoms with Gasteiger partial charge in [-0.1, -0.05) is 29.5 Å². The van der Waals surface area contributed by atoms with Crippen molar-refractivity contribution in [2.24, 2.45) is 0 Å². The first-order valence-corrected chi connectivity index (χ1v) is 12.7. The summed E-state index contributed by atoms with van der Waals surface area (Å²) in [5, 5.41) is 0.387. The number of rotatable bonds is 6. The van der Waals surface area contributed by atoms with E-state index in [0.717, 1.165) is 5.56 Å². The van der Waals surface area contributed by atoms with Gasteiger partial charge in [-0.05, 0) is 32.4 Å². The van der Waals surface area contributed by atoms with E-state index in [1.807, 2.05) is 13.0 Å². The van der Waals surface area contributed by atoms with Crippen molar-refractivity contribution in [3.63, 3.8) is 0 Å². The number of carbonyl (C=O) groups is 3. The molecule has 2 saturated heterocycles. The fraction of sp³-hybridized carbons (Fsp3) is 0.476. The fourth-order valence-corrected chi connectivity index (χ4v) is 6.18. The molecule has 32 heavy (non-hydrogen) atoms. The van der Waals surface area contributed by atoms with E-state index in [2.05, 4.69) is 0 Å². The zero-order chi connectivity index (χ0) is 23.5. The molecule has 9 nitrogen and oxygen atoms in total. The quantitative estimate of drug-likeness (QED) is 0.443. The number of esters is 1. The molecule has 0 aliphatic carbocycles. The Balaban J connectivity index is 1.63. The maximum Gasteiger partial charge on any atom is 0.333 e. The Hall–Kier alpha value is -2.37. The van der Waals surface area contributed by atoms with Crippen molar-refractivity contribution in [3.8, 4) is 0 Å². The number of aryl methyl sites for hydroxylation is 2. The molecule has 174 valence electrons. The number of benzene rings is 1. The van der Waals surface area contributed by atoms with Crippen LogP contribution in [0.25, 0.3) is 0 Å². The normalized spacial score (nSPS) is 19.0. The molecule has 0 unspecified atom stereocenters. The van der Waals surface area contributed by atoms with E-state index in [1.165, 1.54) is 27.0 Å². The van der Waals surface area contributed by atoms with Gasteiger partial charge in [-0.25, -0.2) is 13.2 Å². The highest BCUT2D eigenvalue weighted by molar-refractivity contribution is 8.04. The third-order valence-electron chi connectivity index (χ3n) is 5.27. The minimum atomic E-state index is -3.65. The van der Waals surface area contributed by atoms with Gasteiger partial charge in [0.1, 0.15) is 6.54 Å². The summed E-state index contributed by atoms with van der Waals surface area (Å²) >= 11 is 1.18. The Bertz CT molecular complexity index is 1050. The molecule has 2 aliphatic heterocycles. The molecule has 0 N–H and O–H groups in total. The highest BCUT2D eigenvalue weighted by atomic mass is 32.2. The van der Waals surface area contributed by atoms with E-state index in [1.54, 1.807) is 30.9 Å². The van der Waals surface area contributed by atoms with Crippen LogP contribution in [0, 0.1) is 13.8 Å². The monoisotopic (exact) mass is 481 g/mol. The van der Waals surface area contributed by atoms with E-state index >= 15 is 0 Å². The molecule has 11 heteroatoms. The van der Waals surface area contributed by atoms with Gasteiger partial charge < -0.3 is 9.64 Å². The van der Waals surface area contributed by atoms with Gasteiger partial charge in [0.25, 0.3) is 0 Å². The van der Waals surface area contributed by atoms with Crippen LogP contribution in [0.5, 0.6) is 0 Å². The van der Waals surface area contributed by atoms with Gasteiger partial charge in [0, 0.05) is 26.2 Å². The largest absolute Gasteiger partial charge is 0.463 e. The van der Waals surface area contributed by atoms with Crippen molar-refractivity contribution in [2.75, 3.05) is 45.1 Å². The Morgan fingerprint density at radius 3 is 2.47 bits per heavy atom. The highest BCUT2D eigenvalue weighted by Gasteiger charge is 2.34. The second kappa shape index (κ2) is 10.1. The van der Waals surface area contributed by atoms with E-state index in [9.17, 15) is 22.8 Å². The molecule has 2 aliphatic rings. The summed E-state index contributed by atoms with van der Waals surface area (Å²) in [6.07, 6.45) is 1.22. The lowest BCUT2D eigenvalue weighted by Gasteiger charge is -2.35. The van der Waals surface area contributed by atoms with E-state index in [0.29, 0.717) is 10.6 Å². The maximum atomic E-state index is 13.0. The molecular weight excluding hydrogens is 454 g/mol. The summed E-state index contributed by atoms with van der Waals surface area (Å²) in [5.41, 5.74) is 1.68. The Labute approximate surface area is 192 Å². The summed E-state index contributed by atoms with van der Waals surface area (Å²) in [4.78, 5) is 39.8. The number of sulfonamides is 1. The SMILES string of the molecule is CCOC(=O)C=C1SCC(=O)N1CC(=O)N1CCN(S(=O)(=O)c2ccc(C)cc2C)CC1. The number of thioether (sulfide) groups is 1. The number of amides is 2. The Morgan fingerprint density at radius 2 is 1.84 bits per heavy atom. The Morgan fingerprint density at radius 1 is 1.16 bits per heavy atom. The standard InChI is InChI=1S/C21H27N3O6S2/c1-4-30-21(27)12-20-24(19(26)14-31-20)13-18(25)22-7-9-23(10-8-22)32(28,29)17-6-5-15(2)11-16(17)3/h5-6,11-12H,4,7-10,13-14H2,1-3H3. The number of piperazine rings is 1. The topological polar surface area (TPSA) is 104 Å². The first kappa shape index (κ1) is 24.3. The molecular formula is C21H27N3O6S2. The molecule has 0 radical (unpaired) electrons. The van der Waals surface area contributed by atoms with Crippen LogP contribution < -0.4 is 0 Å². The van der Waals surface area contributed by atoms with Crippen molar-refractivity contribution in [1.82, 2.24) is 14.1 Å². The molecule has 3 rings (SSSR count). The molecule has 0 bridgehead atoms. The fourth-order valence-electron chi connectivity index (χ4n) is 3.63. The van der Waals surface area contributed by atoms with Gasteiger partial charge in [0.15, 0.2) is 0 Å². The average molecular weight is 482 g/mol. The number of nitrogens with zero attached hydrogens (tertiary/aromatic N) is 3. The molecule has 2 fully saturated rings. The van der Waals surface area contributed by atoms with E-state index < -0.39 is 16.0 Å². The summed E-state index contributed by atoms with van der Waals surface area (Å²) in [7, 11) is -3.65. The smallest absolute Gasteiger partial charge is 0.333 e. The first-order valence-electron chi connectivity index (χ1n) is 10.3. The van der Waals surface area contributed by atoms with Gasteiger partial charge in [-0.2, -0.15) is 4.31 Å². The summed E-state index contributed by atoms with van der Waals surface area (Å²) < 4.78 is 32.3. The van der Waals surface area contributed by atoms with Gasteiger partial charge in [0.05, 0.1) is 28.4 Å². The van der Waals surface area contributed by atoms with Crippen LogP contribution in [0.3, 0.4) is 0 Å². The number of carbonyl (C=O) groups excluding carboxylic acids is 3. The van der Waals surface area contributed by atoms with Crippen molar-refractivity contribution in [3.05, 3.63) is 40.4 Å². The van der Waals surface area contributed by atoms with Crippen LogP contribution in [0.4, 0.5) is 0 Å². The zero-order valence-corrected chi connectivity index (χ0v) is 20.0. The summed E-state index contributed by atoms with van der Waals surface area (Å²) in [5.74, 6) is -0.957. The lowest BCUT2D eigenvalue weighted by molar-refractivity contribution is -0.139. The van der Waals surface area contributed by atoms with E-state index in [-0.39, 0.29) is 61.8 Å². The molecule has 0 spiro atoms. The number of hydrogen-bond acceptors (Lipinski definition) is 7. The minimum Gasteiger partial charge on any atom is -0.463 e. The lowest BCUT2D eigenvalue weighted by Crippen LogP contribution is -2.52. The maximum absolute atomic E-state index is 13.0. The molecule has 1 aromatic rings. The second-order valence-corrected chi connectivity index (χ2v) is 10.5. The lowest BCUT2D eigenvalue weighted by atomic mass is 10.2. The van der Waals surface area contributed by atoms with Crippen molar-refractivity contribution >= 4 is 39.6 Å². The first-order chi connectivity index (χ1) is 15.1. The summed E-state index contributed by atoms with van der Waals surface area (Å²) in [6.45, 7) is 6.20. The van der Waals surface area contributed by atoms with Crippen LogP contribution in [0.15, 0.2) is 34.2 Å². The van der Waals surface area contributed by atoms with Gasteiger partial charge in [-0.3, -0.25) is 14.5 Å². The highest BCUT2D eigenvalue weighted by Crippen LogP contribution is 2.29. The molecule has 0 aromatic heterocycles. The molecule has 2 heterocycles. The third kappa shape index (κ3) is 5.33. The predicted octanol–water partition coefficient (Wildman–Crippen LogP) is 1.12. The molecule has 1 aromatic carbocycles. The molecule has 0 atom stereocenters. The Kier molecular flexibility index (Phi) is 7.63.